The fourth-order valence-electron chi connectivity index (χ4n) is 2.38. The number of hydrogen-bond acceptors (Lipinski definition) is 4. The molecule has 0 aliphatic rings. The van der Waals surface area contributed by atoms with E-state index in [2.05, 4.69) is 16.9 Å². The van der Waals surface area contributed by atoms with E-state index in [1.807, 2.05) is 0 Å². The number of ether oxygens (including phenoxy) is 1. The number of nitrogens with zero attached hydrogens (tertiary/aromatic N) is 3. The average molecular weight is 388 g/mol. The summed E-state index contributed by atoms with van der Waals surface area (Å²) in [7, 11) is 1.49. The van der Waals surface area contributed by atoms with Gasteiger partial charge in [0.1, 0.15) is 5.56 Å². The van der Waals surface area contributed by atoms with E-state index in [-0.39, 0.29) is 11.8 Å². The number of rotatable bonds is 8. The van der Waals surface area contributed by atoms with Crippen LogP contribution in [0.4, 0.5) is 24.7 Å². The molecule has 0 aliphatic carbocycles. The normalized spacial score (nSPS) is 11.5. The zero-order valence-electron chi connectivity index (χ0n) is 14.7. The highest BCUT2D eigenvalue weighted by Crippen LogP contribution is 2.38. The van der Waals surface area contributed by atoms with Gasteiger partial charge >= 0.3 is 12.2 Å². The minimum atomic E-state index is -4.58. The molecule has 0 fully saturated rings. The Labute approximate surface area is 156 Å². The van der Waals surface area contributed by atoms with Crippen LogP contribution in [0.25, 0.3) is 0 Å². The third kappa shape index (κ3) is 5.49. The molecule has 2 rings (SSSR count). The molecule has 0 saturated carbocycles. The summed E-state index contributed by atoms with van der Waals surface area (Å²) in [5, 5.41) is 0.421. The molecule has 2 aromatic rings. The number of anilines is 2. The van der Waals surface area contributed by atoms with Crippen molar-refractivity contribution in [2.45, 2.75) is 38.8 Å². The Balaban J connectivity index is 2.27. The highest BCUT2D eigenvalue weighted by Gasteiger charge is 2.36. The lowest BCUT2D eigenvalue weighted by molar-refractivity contribution is -0.137. The fraction of sp³-hybridized carbons (Fsp3) is 0.444. The molecule has 1 aromatic heterocycles. The Kier molecular flexibility index (Phi) is 7.08. The van der Waals surface area contributed by atoms with Crippen molar-refractivity contribution >= 4 is 23.1 Å². The molecule has 4 nitrogen and oxygen atoms in total. The number of benzene rings is 1. The highest BCUT2D eigenvalue weighted by atomic mass is 35.5. The third-order valence-electron chi connectivity index (χ3n) is 3.79. The first-order valence-corrected chi connectivity index (χ1v) is 8.77. The smallest absolute Gasteiger partial charge is 0.421 e. The maximum absolute atomic E-state index is 13.4. The molecule has 0 N–H and O–H groups in total. The van der Waals surface area contributed by atoms with Crippen molar-refractivity contribution in [3.63, 3.8) is 0 Å². The van der Waals surface area contributed by atoms with E-state index in [1.54, 1.807) is 24.3 Å². The van der Waals surface area contributed by atoms with Gasteiger partial charge in [0, 0.05) is 24.0 Å². The molecule has 0 amide bonds. The van der Waals surface area contributed by atoms with E-state index in [9.17, 15) is 13.2 Å². The molecule has 142 valence electrons. The summed E-state index contributed by atoms with van der Waals surface area (Å²) >= 11 is 5.94. The van der Waals surface area contributed by atoms with Crippen molar-refractivity contribution in [1.29, 1.82) is 0 Å². The third-order valence-corrected chi connectivity index (χ3v) is 4.03. The summed E-state index contributed by atoms with van der Waals surface area (Å²) in [4.78, 5) is 9.02. The zero-order chi connectivity index (χ0) is 19.2. The average Bonchev–Trinajstić information content (AvgIpc) is 2.60. The highest BCUT2D eigenvalue weighted by molar-refractivity contribution is 6.30. The Hall–Kier alpha value is -2.02. The van der Waals surface area contributed by atoms with Gasteiger partial charge < -0.3 is 9.64 Å². The van der Waals surface area contributed by atoms with Crippen molar-refractivity contribution in [2.75, 3.05) is 18.6 Å². The zero-order valence-corrected chi connectivity index (χ0v) is 15.4. The lowest BCUT2D eigenvalue weighted by Gasteiger charge is -2.22. The van der Waals surface area contributed by atoms with Gasteiger partial charge in [0.05, 0.1) is 6.61 Å². The molecule has 1 aromatic carbocycles. The molecule has 0 saturated heterocycles. The molecule has 8 heteroatoms. The van der Waals surface area contributed by atoms with Gasteiger partial charge in [0.15, 0.2) is 5.82 Å². The number of unbranched alkanes of at least 4 members (excludes halogenated alkanes) is 3. The standard InChI is InChI=1S/C18H21ClF3N3O/c1-3-4-5-6-10-26-17-23-12-15(18(20,21)22)16(24-17)25(2)14-9-7-8-13(19)11-14/h7-9,11-12H,3-6,10H2,1-2H3. The van der Waals surface area contributed by atoms with E-state index in [0.29, 0.717) is 17.3 Å². The van der Waals surface area contributed by atoms with Gasteiger partial charge in [0.2, 0.25) is 0 Å². The molecule has 26 heavy (non-hydrogen) atoms. The maximum Gasteiger partial charge on any atom is 0.421 e. The van der Waals surface area contributed by atoms with Crippen LogP contribution < -0.4 is 9.64 Å². The summed E-state index contributed by atoms with van der Waals surface area (Å²) in [5.74, 6) is -0.279. The van der Waals surface area contributed by atoms with Gasteiger partial charge in [0.25, 0.3) is 0 Å². The number of halogens is 4. The van der Waals surface area contributed by atoms with E-state index >= 15 is 0 Å². The lowest BCUT2D eigenvalue weighted by atomic mass is 10.2. The first-order valence-electron chi connectivity index (χ1n) is 8.39. The quantitative estimate of drug-likeness (QED) is 0.530. The lowest BCUT2D eigenvalue weighted by Crippen LogP contribution is -2.19. The molecule has 0 unspecified atom stereocenters. The van der Waals surface area contributed by atoms with Gasteiger partial charge in [-0.2, -0.15) is 18.2 Å². The fourth-order valence-corrected chi connectivity index (χ4v) is 2.57. The van der Waals surface area contributed by atoms with Crippen LogP contribution in [-0.2, 0) is 6.18 Å². The molecular formula is C18H21ClF3N3O. The first kappa shape index (κ1) is 20.3. The number of alkyl halides is 3. The van der Waals surface area contributed by atoms with Crippen molar-refractivity contribution < 1.29 is 17.9 Å². The van der Waals surface area contributed by atoms with Crippen LogP contribution in [0, 0.1) is 0 Å². The van der Waals surface area contributed by atoms with Gasteiger partial charge in [-0.25, -0.2) is 4.98 Å². The van der Waals surface area contributed by atoms with Gasteiger partial charge in [-0.05, 0) is 24.6 Å². The maximum atomic E-state index is 13.4. The molecule has 0 bridgehead atoms. The van der Waals surface area contributed by atoms with Crippen LogP contribution in [0.15, 0.2) is 30.5 Å². The topological polar surface area (TPSA) is 38.2 Å². The molecule has 1 heterocycles. The monoisotopic (exact) mass is 387 g/mol. The first-order chi connectivity index (χ1) is 12.3. The van der Waals surface area contributed by atoms with Crippen LogP contribution in [0.1, 0.15) is 38.2 Å². The summed E-state index contributed by atoms with van der Waals surface area (Å²) in [6, 6.07) is 6.45. The minimum Gasteiger partial charge on any atom is -0.463 e. The van der Waals surface area contributed by atoms with Crippen LogP contribution >= 0.6 is 11.6 Å². The number of aromatic nitrogens is 2. The van der Waals surface area contributed by atoms with E-state index in [4.69, 9.17) is 16.3 Å². The van der Waals surface area contributed by atoms with Crippen LogP contribution in [-0.4, -0.2) is 23.6 Å². The Morgan fingerprint density at radius 2 is 1.96 bits per heavy atom. The summed E-state index contributed by atoms with van der Waals surface area (Å²) < 4.78 is 45.5. The van der Waals surface area contributed by atoms with E-state index in [0.717, 1.165) is 31.9 Å². The van der Waals surface area contributed by atoms with Crippen molar-refractivity contribution in [2.24, 2.45) is 0 Å². The van der Waals surface area contributed by atoms with Crippen LogP contribution in [0.5, 0.6) is 6.01 Å². The molecule has 0 spiro atoms. The van der Waals surface area contributed by atoms with Crippen LogP contribution in [0.2, 0.25) is 5.02 Å². The van der Waals surface area contributed by atoms with Crippen molar-refractivity contribution in [3.8, 4) is 6.01 Å². The Morgan fingerprint density at radius 3 is 2.62 bits per heavy atom. The second kappa shape index (κ2) is 9.07. The molecular weight excluding hydrogens is 367 g/mol. The van der Waals surface area contributed by atoms with E-state index < -0.39 is 11.7 Å². The Bertz CT molecular complexity index is 725. The molecule has 0 aliphatic heterocycles. The summed E-state index contributed by atoms with van der Waals surface area (Å²) in [6.45, 7) is 2.46. The van der Waals surface area contributed by atoms with Gasteiger partial charge in [-0.15, -0.1) is 0 Å². The van der Waals surface area contributed by atoms with Gasteiger partial charge in [-0.3, -0.25) is 0 Å². The molecule has 0 radical (unpaired) electrons. The largest absolute Gasteiger partial charge is 0.463 e. The SMILES string of the molecule is CCCCCCOc1ncc(C(F)(F)F)c(N(C)c2cccc(Cl)c2)n1. The van der Waals surface area contributed by atoms with Crippen molar-refractivity contribution in [1.82, 2.24) is 9.97 Å². The Morgan fingerprint density at radius 1 is 1.19 bits per heavy atom. The second-order valence-electron chi connectivity index (χ2n) is 5.84. The van der Waals surface area contributed by atoms with E-state index in [1.165, 1.54) is 11.9 Å². The van der Waals surface area contributed by atoms with Crippen LogP contribution in [0.3, 0.4) is 0 Å². The predicted molar refractivity (Wildman–Crippen MR) is 96.2 cm³/mol. The van der Waals surface area contributed by atoms with Crippen molar-refractivity contribution in [3.05, 3.63) is 41.0 Å². The number of hydrogen-bond donors (Lipinski definition) is 0. The molecule has 0 atom stereocenters. The predicted octanol–water partition coefficient (Wildman–Crippen LogP) is 5.88. The summed E-state index contributed by atoms with van der Waals surface area (Å²) in [5.41, 5.74) is -0.450. The minimum absolute atomic E-state index is 0.0709. The second-order valence-corrected chi connectivity index (χ2v) is 6.27. The van der Waals surface area contributed by atoms with Gasteiger partial charge in [-0.1, -0.05) is 43.9 Å². The summed E-state index contributed by atoms with van der Waals surface area (Å²) in [6.07, 6.45) is 0.141.